The Hall–Kier alpha value is -1.65. The van der Waals surface area contributed by atoms with Crippen molar-refractivity contribution in [3.63, 3.8) is 0 Å². The van der Waals surface area contributed by atoms with Crippen molar-refractivity contribution in [1.82, 2.24) is 9.97 Å². The molecule has 1 aromatic rings. The van der Waals surface area contributed by atoms with Crippen molar-refractivity contribution in [2.24, 2.45) is 0 Å². The van der Waals surface area contributed by atoms with E-state index in [1.807, 2.05) is 20.8 Å². The minimum Gasteiger partial charge on any atom is -0.477 e. The van der Waals surface area contributed by atoms with Gasteiger partial charge in [0, 0.05) is 18.5 Å². The summed E-state index contributed by atoms with van der Waals surface area (Å²) >= 11 is 0. The fourth-order valence-electron chi connectivity index (χ4n) is 1.02. The first-order valence-corrected chi connectivity index (χ1v) is 4.65. The van der Waals surface area contributed by atoms with Crippen molar-refractivity contribution in [1.29, 1.82) is 0 Å². The maximum absolute atomic E-state index is 10.8. The van der Waals surface area contributed by atoms with Gasteiger partial charge in [0.15, 0.2) is 5.69 Å². The van der Waals surface area contributed by atoms with Crippen LogP contribution in [0.2, 0.25) is 0 Å². The summed E-state index contributed by atoms with van der Waals surface area (Å²) in [4.78, 5) is 19.1. The molecular formula is C10H15N3O2. The van der Waals surface area contributed by atoms with E-state index in [9.17, 15) is 4.79 Å². The van der Waals surface area contributed by atoms with Crippen molar-refractivity contribution in [2.45, 2.75) is 26.2 Å². The van der Waals surface area contributed by atoms with Crippen LogP contribution in [0.3, 0.4) is 0 Å². The molecule has 0 unspecified atom stereocenters. The molecule has 0 aliphatic carbocycles. The minimum atomic E-state index is -1.04. The molecule has 0 aromatic carbocycles. The Morgan fingerprint density at radius 3 is 2.40 bits per heavy atom. The first-order valence-electron chi connectivity index (χ1n) is 4.65. The lowest BCUT2D eigenvalue weighted by atomic mass is 9.95. The summed E-state index contributed by atoms with van der Waals surface area (Å²) in [5.74, 6) is -0.00141. The van der Waals surface area contributed by atoms with Crippen molar-refractivity contribution in [3.05, 3.63) is 17.6 Å². The van der Waals surface area contributed by atoms with Gasteiger partial charge in [0.05, 0.1) is 0 Å². The summed E-state index contributed by atoms with van der Waals surface area (Å²) in [5.41, 5.74) is -0.254. The highest BCUT2D eigenvalue weighted by atomic mass is 16.4. The number of carbonyl (C=O) groups is 1. The van der Waals surface area contributed by atoms with E-state index in [4.69, 9.17) is 5.11 Å². The highest BCUT2D eigenvalue weighted by molar-refractivity contribution is 5.86. The van der Waals surface area contributed by atoms with Crippen LogP contribution >= 0.6 is 0 Å². The Balaban J connectivity index is 3.30. The molecule has 15 heavy (non-hydrogen) atoms. The standard InChI is InChI=1S/C10H15N3O2/c1-10(2,3)9-12-6(8(14)15)5-7(11-4)13-9/h5H,1-4H3,(H,14,15)(H,11,12,13). The van der Waals surface area contributed by atoms with Crippen molar-refractivity contribution >= 4 is 11.8 Å². The number of nitrogens with one attached hydrogen (secondary N) is 1. The summed E-state index contributed by atoms with van der Waals surface area (Å²) in [6.07, 6.45) is 0. The van der Waals surface area contributed by atoms with E-state index in [2.05, 4.69) is 15.3 Å². The molecule has 0 amide bonds. The molecule has 0 spiro atoms. The number of hydrogen-bond donors (Lipinski definition) is 2. The van der Waals surface area contributed by atoms with Gasteiger partial charge in [-0.3, -0.25) is 0 Å². The van der Waals surface area contributed by atoms with E-state index in [0.717, 1.165) is 0 Å². The molecule has 1 heterocycles. The molecule has 0 aliphatic heterocycles. The second kappa shape index (κ2) is 3.84. The maximum Gasteiger partial charge on any atom is 0.354 e. The Morgan fingerprint density at radius 1 is 1.40 bits per heavy atom. The van der Waals surface area contributed by atoms with Crippen LogP contribution in [-0.4, -0.2) is 28.1 Å². The van der Waals surface area contributed by atoms with Gasteiger partial charge in [0.25, 0.3) is 0 Å². The number of carboxylic acid groups (broad SMARTS) is 1. The normalized spacial score (nSPS) is 11.2. The van der Waals surface area contributed by atoms with Gasteiger partial charge < -0.3 is 10.4 Å². The van der Waals surface area contributed by atoms with E-state index in [1.165, 1.54) is 6.07 Å². The largest absolute Gasteiger partial charge is 0.477 e. The average molecular weight is 209 g/mol. The molecule has 2 N–H and O–H groups in total. The van der Waals surface area contributed by atoms with Gasteiger partial charge in [-0.05, 0) is 0 Å². The molecule has 0 saturated heterocycles. The fraction of sp³-hybridized carbons (Fsp3) is 0.500. The van der Waals surface area contributed by atoms with Crippen LogP contribution in [0.15, 0.2) is 6.07 Å². The summed E-state index contributed by atoms with van der Waals surface area (Å²) in [7, 11) is 1.69. The molecule has 0 aliphatic rings. The van der Waals surface area contributed by atoms with Crippen LogP contribution in [0, 0.1) is 0 Å². The zero-order valence-corrected chi connectivity index (χ0v) is 9.33. The third kappa shape index (κ3) is 2.65. The van der Waals surface area contributed by atoms with Gasteiger partial charge in [-0.25, -0.2) is 14.8 Å². The molecule has 0 bridgehead atoms. The molecule has 0 saturated carbocycles. The van der Waals surface area contributed by atoms with E-state index in [0.29, 0.717) is 11.6 Å². The van der Waals surface area contributed by atoms with Gasteiger partial charge in [0.1, 0.15) is 11.6 Å². The van der Waals surface area contributed by atoms with Crippen LogP contribution in [0.25, 0.3) is 0 Å². The van der Waals surface area contributed by atoms with E-state index >= 15 is 0 Å². The van der Waals surface area contributed by atoms with Gasteiger partial charge in [-0.15, -0.1) is 0 Å². The Labute approximate surface area is 88.6 Å². The van der Waals surface area contributed by atoms with Crippen LogP contribution in [0.4, 0.5) is 5.82 Å². The molecular weight excluding hydrogens is 194 g/mol. The lowest BCUT2D eigenvalue weighted by molar-refractivity contribution is 0.0689. The van der Waals surface area contributed by atoms with Crippen molar-refractivity contribution in [2.75, 3.05) is 12.4 Å². The first kappa shape index (κ1) is 11.4. The lowest BCUT2D eigenvalue weighted by Gasteiger charge is -2.17. The second-order valence-electron chi connectivity index (χ2n) is 4.27. The number of nitrogens with zero attached hydrogens (tertiary/aromatic N) is 2. The number of carboxylic acids is 1. The number of aromatic carboxylic acids is 1. The summed E-state index contributed by atoms with van der Waals surface area (Å²) in [5, 5.41) is 11.7. The lowest BCUT2D eigenvalue weighted by Crippen LogP contribution is -2.19. The third-order valence-corrected chi connectivity index (χ3v) is 1.87. The topological polar surface area (TPSA) is 75.1 Å². The van der Waals surface area contributed by atoms with Gasteiger partial charge in [0.2, 0.25) is 0 Å². The summed E-state index contributed by atoms with van der Waals surface area (Å²) < 4.78 is 0. The smallest absolute Gasteiger partial charge is 0.354 e. The first-order chi connectivity index (χ1) is 6.84. The Bertz CT molecular complexity index is 383. The summed E-state index contributed by atoms with van der Waals surface area (Å²) in [6, 6.07) is 1.41. The minimum absolute atomic E-state index is 0.0132. The van der Waals surface area contributed by atoms with Gasteiger partial charge >= 0.3 is 5.97 Å². The number of aromatic nitrogens is 2. The molecule has 0 radical (unpaired) electrons. The Kier molecular flexibility index (Phi) is 2.93. The quantitative estimate of drug-likeness (QED) is 0.772. The Morgan fingerprint density at radius 2 is 2.00 bits per heavy atom. The molecule has 82 valence electrons. The zero-order chi connectivity index (χ0) is 11.6. The van der Waals surface area contributed by atoms with Crippen LogP contribution in [0.5, 0.6) is 0 Å². The summed E-state index contributed by atoms with van der Waals surface area (Å²) in [6.45, 7) is 5.81. The predicted molar refractivity (Wildman–Crippen MR) is 57.2 cm³/mol. The maximum atomic E-state index is 10.8. The zero-order valence-electron chi connectivity index (χ0n) is 9.33. The van der Waals surface area contributed by atoms with Crippen LogP contribution in [0.1, 0.15) is 37.1 Å². The molecule has 5 heteroatoms. The highest BCUT2D eigenvalue weighted by Gasteiger charge is 2.20. The third-order valence-electron chi connectivity index (χ3n) is 1.87. The monoisotopic (exact) mass is 209 g/mol. The van der Waals surface area contributed by atoms with Crippen LogP contribution in [-0.2, 0) is 5.41 Å². The number of hydrogen-bond acceptors (Lipinski definition) is 4. The van der Waals surface area contributed by atoms with Crippen molar-refractivity contribution in [3.8, 4) is 0 Å². The fourth-order valence-corrected chi connectivity index (χ4v) is 1.02. The predicted octanol–water partition coefficient (Wildman–Crippen LogP) is 1.51. The molecule has 1 aromatic heterocycles. The highest BCUT2D eigenvalue weighted by Crippen LogP contribution is 2.20. The SMILES string of the molecule is CNc1cc(C(=O)O)nc(C(C)(C)C)n1. The van der Waals surface area contributed by atoms with Gasteiger partial charge in [-0.1, -0.05) is 20.8 Å². The number of anilines is 1. The molecule has 5 nitrogen and oxygen atoms in total. The van der Waals surface area contributed by atoms with E-state index < -0.39 is 5.97 Å². The molecule has 0 fully saturated rings. The molecule has 1 rings (SSSR count). The van der Waals surface area contributed by atoms with E-state index in [-0.39, 0.29) is 11.1 Å². The van der Waals surface area contributed by atoms with Gasteiger partial charge in [-0.2, -0.15) is 0 Å². The van der Waals surface area contributed by atoms with Crippen LogP contribution < -0.4 is 5.32 Å². The average Bonchev–Trinajstić information content (AvgIpc) is 2.15. The number of rotatable bonds is 2. The van der Waals surface area contributed by atoms with Crippen molar-refractivity contribution < 1.29 is 9.90 Å². The molecule has 0 atom stereocenters. The van der Waals surface area contributed by atoms with E-state index in [1.54, 1.807) is 7.05 Å². The second-order valence-corrected chi connectivity index (χ2v) is 4.27.